The molecule has 90 valence electrons. The van der Waals surface area contributed by atoms with Crippen molar-refractivity contribution in [3.63, 3.8) is 0 Å². The van der Waals surface area contributed by atoms with E-state index in [1.165, 1.54) is 19.1 Å². The van der Waals surface area contributed by atoms with Crippen molar-refractivity contribution in [3.05, 3.63) is 28.8 Å². The third-order valence-corrected chi connectivity index (χ3v) is 3.50. The van der Waals surface area contributed by atoms with Gasteiger partial charge in [-0.05, 0) is 25.1 Å². The second-order valence-electron chi connectivity index (χ2n) is 3.67. The Hall–Kier alpha value is -1.09. The van der Waals surface area contributed by atoms with Crippen molar-refractivity contribution in [3.8, 4) is 6.07 Å². The highest BCUT2D eigenvalue weighted by molar-refractivity contribution is 9.09. The molecule has 0 saturated carbocycles. The Morgan fingerprint density at radius 1 is 1.71 bits per heavy atom. The number of nitrogens with one attached hydrogen (secondary N) is 1. The van der Waals surface area contributed by atoms with Crippen LogP contribution in [0.15, 0.2) is 18.2 Å². The number of carbonyl (C=O) groups is 1. The van der Waals surface area contributed by atoms with Crippen molar-refractivity contribution < 1.29 is 9.90 Å². The first kappa shape index (κ1) is 14.0. The summed E-state index contributed by atoms with van der Waals surface area (Å²) in [5, 5.41) is 21.3. The highest BCUT2D eigenvalue weighted by Gasteiger charge is 2.28. The normalized spacial score (nSPS) is 13.6. The second-order valence-corrected chi connectivity index (χ2v) is 4.64. The predicted octanol–water partition coefficient (Wildman–Crippen LogP) is 2.30. The van der Waals surface area contributed by atoms with Crippen LogP contribution in [0.1, 0.15) is 12.5 Å². The smallest absolute Gasteiger partial charge is 0.256 e. The number of carbonyl (C=O) groups excluding carboxylic acids is 1. The summed E-state index contributed by atoms with van der Waals surface area (Å²) in [5.41, 5.74) is -0.738. The molecule has 0 aromatic heterocycles. The first-order chi connectivity index (χ1) is 7.90. The van der Waals surface area contributed by atoms with Crippen LogP contribution in [0.2, 0.25) is 5.02 Å². The number of amides is 1. The Labute approximate surface area is 112 Å². The van der Waals surface area contributed by atoms with Crippen molar-refractivity contribution in [2.24, 2.45) is 0 Å². The third-order valence-electron chi connectivity index (χ3n) is 2.10. The second kappa shape index (κ2) is 5.50. The van der Waals surface area contributed by atoms with Crippen LogP contribution < -0.4 is 5.32 Å². The molecule has 0 radical (unpaired) electrons. The van der Waals surface area contributed by atoms with Gasteiger partial charge >= 0.3 is 0 Å². The van der Waals surface area contributed by atoms with Crippen LogP contribution in [0.3, 0.4) is 0 Å². The number of hydrogen-bond donors (Lipinski definition) is 2. The molecule has 1 unspecified atom stereocenters. The molecule has 1 aromatic carbocycles. The van der Waals surface area contributed by atoms with Crippen molar-refractivity contribution >= 4 is 39.1 Å². The van der Waals surface area contributed by atoms with E-state index in [-0.39, 0.29) is 10.4 Å². The summed E-state index contributed by atoms with van der Waals surface area (Å²) in [5.74, 6) is -0.546. The lowest BCUT2D eigenvalue weighted by molar-refractivity contribution is -0.130. The van der Waals surface area contributed by atoms with E-state index in [0.29, 0.717) is 11.3 Å². The van der Waals surface area contributed by atoms with Crippen molar-refractivity contribution in [2.75, 3.05) is 10.6 Å². The predicted molar refractivity (Wildman–Crippen MR) is 69.2 cm³/mol. The molecule has 4 nitrogen and oxygen atoms in total. The molecule has 0 fully saturated rings. The highest BCUT2D eigenvalue weighted by atomic mass is 79.9. The average Bonchev–Trinajstić information content (AvgIpc) is 2.29. The van der Waals surface area contributed by atoms with Crippen LogP contribution in [0.5, 0.6) is 0 Å². The molecular formula is C11H10BrClN2O2. The molecule has 17 heavy (non-hydrogen) atoms. The number of benzene rings is 1. The lowest BCUT2D eigenvalue weighted by Crippen LogP contribution is -2.41. The van der Waals surface area contributed by atoms with Crippen molar-refractivity contribution in [1.82, 2.24) is 0 Å². The van der Waals surface area contributed by atoms with E-state index < -0.39 is 11.5 Å². The molecule has 1 aromatic rings. The molecule has 1 atom stereocenters. The van der Waals surface area contributed by atoms with Crippen LogP contribution in [-0.2, 0) is 4.79 Å². The van der Waals surface area contributed by atoms with Crippen LogP contribution in [0, 0.1) is 11.3 Å². The number of nitrogens with zero attached hydrogens (tertiary/aromatic N) is 1. The van der Waals surface area contributed by atoms with Gasteiger partial charge in [0, 0.05) is 11.0 Å². The maximum absolute atomic E-state index is 11.6. The van der Waals surface area contributed by atoms with Gasteiger partial charge in [-0.15, -0.1) is 0 Å². The summed E-state index contributed by atoms with van der Waals surface area (Å²) < 4.78 is 0. The van der Waals surface area contributed by atoms with Crippen LogP contribution in [0.4, 0.5) is 5.69 Å². The van der Waals surface area contributed by atoms with Gasteiger partial charge in [0.1, 0.15) is 11.7 Å². The Kier molecular flexibility index (Phi) is 4.52. The Bertz CT molecular complexity index is 483. The van der Waals surface area contributed by atoms with E-state index in [9.17, 15) is 9.90 Å². The molecular weight excluding hydrogens is 307 g/mol. The number of anilines is 1. The van der Waals surface area contributed by atoms with Crippen LogP contribution in [-0.4, -0.2) is 21.9 Å². The van der Waals surface area contributed by atoms with Gasteiger partial charge < -0.3 is 10.4 Å². The summed E-state index contributed by atoms with van der Waals surface area (Å²) >= 11 is 8.86. The lowest BCUT2D eigenvalue weighted by Gasteiger charge is -2.19. The molecule has 0 saturated heterocycles. The minimum absolute atomic E-state index is 0.121. The zero-order valence-corrected chi connectivity index (χ0v) is 11.3. The van der Waals surface area contributed by atoms with Crippen molar-refractivity contribution in [1.29, 1.82) is 5.26 Å². The van der Waals surface area contributed by atoms with Gasteiger partial charge in [-0.2, -0.15) is 5.26 Å². The quantitative estimate of drug-likeness (QED) is 0.840. The topological polar surface area (TPSA) is 73.1 Å². The summed E-state index contributed by atoms with van der Waals surface area (Å²) in [6.07, 6.45) is 0. The molecule has 0 heterocycles. The van der Waals surface area contributed by atoms with E-state index in [1.54, 1.807) is 6.07 Å². The molecule has 0 aliphatic rings. The van der Waals surface area contributed by atoms with Gasteiger partial charge in [0.2, 0.25) is 0 Å². The van der Waals surface area contributed by atoms with Gasteiger partial charge in [0.25, 0.3) is 5.91 Å². The van der Waals surface area contributed by atoms with Gasteiger partial charge in [-0.3, -0.25) is 4.79 Å². The maximum atomic E-state index is 11.6. The molecule has 0 spiro atoms. The first-order valence-electron chi connectivity index (χ1n) is 4.70. The van der Waals surface area contributed by atoms with E-state index in [0.717, 1.165) is 0 Å². The summed E-state index contributed by atoms with van der Waals surface area (Å²) in [7, 11) is 0. The number of hydrogen-bond acceptors (Lipinski definition) is 3. The van der Waals surface area contributed by atoms with Crippen molar-refractivity contribution in [2.45, 2.75) is 12.5 Å². The zero-order valence-electron chi connectivity index (χ0n) is 9.00. The summed E-state index contributed by atoms with van der Waals surface area (Å²) in [6, 6.07) is 6.43. The van der Waals surface area contributed by atoms with Crippen LogP contribution in [0.25, 0.3) is 0 Å². The fourth-order valence-corrected chi connectivity index (χ4v) is 1.49. The minimum Gasteiger partial charge on any atom is -0.379 e. The number of rotatable bonds is 3. The molecule has 6 heteroatoms. The number of aliphatic hydroxyl groups is 1. The zero-order chi connectivity index (χ0) is 13.1. The van der Waals surface area contributed by atoms with E-state index in [4.69, 9.17) is 16.9 Å². The van der Waals surface area contributed by atoms with Gasteiger partial charge in [-0.25, -0.2) is 0 Å². The maximum Gasteiger partial charge on any atom is 0.256 e. The van der Waals surface area contributed by atoms with E-state index in [2.05, 4.69) is 21.2 Å². The fraction of sp³-hybridized carbons (Fsp3) is 0.273. The number of halogens is 2. The molecule has 1 rings (SSSR count). The molecule has 2 N–H and O–H groups in total. The summed E-state index contributed by atoms with van der Waals surface area (Å²) in [6.45, 7) is 1.39. The Morgan fingerprint density at radius 2 is 2.35 bits per heavy atom. The Morgan fingerprint density at radius 3 is 2.82 bits per heavy atom. The standard InChI is InChI=1S/C11H10BrClN2O2/c1-11(17,6-12)10(16)15-8-3-2-7(5-14)9(13)4-8/h2-4,17H,6H2,1H3,(H,15,16). The fourth-order valence-electron chi connectivity index (χ4n) is 1.01. The summed E-state index contributed by atoms with van der Waals surface area (Å²) in [4.78, 5) is 11.6. The number of nitriles is 1. The molecule has 1 amide bonds. The van der Waals surface area contributed by atoms with Gasteiger partial charge in [0.05, 0.1) is 10.6 Å². The van der Waals surface area contributed by atoms with E-state index in [1.807, 2.05) is 6.07 Å². The first-order valence-corrected chi connectivity index (χ1v) is 6.20. The monoisotopic (exact) mass is 316 g/mol. The van der Waals surface area contributed by atoms with Gasteiger partial charge in [0.15, 0.2) is 0 Å². The highest BCUT2D eigenvalue weighted by Crippen LogP contribution is 2.21. The third kappa shape index (κ3) is 3.43. The van der Waals surface area contributed by atoms with Crippen LogP contribution >= 0.6 is 27.5 Å². The molecule has 0 aliphatic heterocycles. The largest absolute Gasteiger partial charge is 0.379 e. The number of alkyl halides is 1. The molecule has 0 aliphatic carbocycles. The van der Waals surface area contributed by atoms with E-state index >= 15 is 0 Å². The average molecular weight is 318 g/mol. The minimum atomic E-state index is -1.50. The van der Waals surface area contributed by atoms with Gasteiger partial charge in [-0.1, -0.05) is 27.5 Å². The SMILES string of the molecule is CC(O)(CBr)C(=O)Nc1ccc(C#N)c(Cl)c1. The Balaban J connectivity index is 2.88. The molecule has 0 bridgehead atoms. The lowest BCUT2D eigenvalue weighted by atomic mass is 10.1.